The molecular formula is C16H21F3O6S. The van der Waals surface area contributed by atoms with E-state index in [1.165, 1.54) is 14.0 Å². The summed E-state index contributed by atoms with van der Waals surface area (Å²) in [5.41, 5.74) is -4.60. The topological polar surface area (TPSA) is 71.1 Å². The molecule has 1 heterocycles. The summed E-state index contributed by atoms with van der Waals surface area (Å²) in [5.74, 6) is -0.706. The van der Waals surface area contributed by atoms with Crippen LogP contribution in [0.3, 0.4) is 0 Å². The zero-order valence-electron chi connectivity index (χ0n) is 14.5. The van der Waals surface area contributed by atoms with Crippen LogP contribution in [0.1, 0.15) is 19.4 Å². The molecule has 5 atom stereocenters. The monoisotopic (exact) mass is 398 g/mol. The lowest BCUT2D eigenvalue weighted by Gasteiger charge is -2.24. The number of benzene rings is 1. The molecule has 26 heavy (non-hydrogen) atoms. The van der Waals surface area contributed by atoms with Crippen LogP contribution in [-0.4, -0.2) is 45.6 Å². The predicted molar refractivity (Wildman–Crippen MR) is 85.4 cm³/mol. The van der Waals surface area contributed by atoms with Crippen LogP contribution in [0.4, 0.5) is 13.2 Å². The highest BCUT2D eigenvalue weighted by Crippen LogP contribution is 2.36. The van der Waals surface area contributed by atoms with Gasteiger partial charge in [-0.15, -0.1) is 0 Å². The molecule has 0 saturated carbocycles. The molecule has 0 spiro atoms. The summed E-state index contributed by atoms with van der Waals surface area (Å²) in [5, 5.41) is 0. The molecule has 0 amide bonds. The van der Waals surface area contributed by atoms with Crippen LogP contribution in [0.5, 0.6) is 0 Å². The van der Waals surface area contributed by atoms with Gasteiger partial charge in [-0.1, -0.05) is 37.3 Å². The molecule has 10 heteroatoms. The van der Waals surface area contributed by atoms with Crippen LogP contribution >= 0.6 is 0 Å². The Morgan fingerprint density at radius 2 is 1.85 bits per heavy atom. The Bertz CT molecular complexity index is 679. The van der Waals surface area contributed by atoms with E-state index in [0.717, 1.165) is 5.56 Å². The number of halogens is 3. The van der Waals surface area contributed by atoms with E-state index in [9.17, 15) is 21.6 Å². The van der Waals surface area contributed by atoms with Gasteiger partial charge < -0.3 is 14.2 Å². The van der Waals surface area contributed by atoms with Crippen molar-refractivity contribution in [1.82, 2.24) is 0 Å². The van der Waals surface area contributed by atoms with Gasteiger partial charge in [-0.3, -0.25) is 4.18 Å². The molecule has 148 valence electrons. The first-order valence-electron chi connectivity index (χ1n) is 7.90. The van der Waals surface area contributed by atoms with Crippen molar-refractivity contribution in [3.05, 3.63) is 35.9 Å². The number of rotatable bonds is 7. The quantitative estimate of drug-likeness (QED) is 0.520. The molecule has 0 radical (unpaired) electrons. The first-order chi connectivity index (χ1) is 12.1. The fourth-order valence-electron chi connectivity index (χ4n) is 2.75. The maximum atomic E-state index is 12.6. The minimum Gasteiger partial charge on any atom is -0.371 e. The van der Waals surface area contributed by atoms with E-state index in [0.29, 0.717) is 0 Å². The normalized spacial score (nSPS) is 28.2. The summed E-state index contributed by atoms with van der Waals surface area (Å²) in [6.07, 6.45) is -3.91. The summed E-state index contributed by atoms with van der Waals surface area (Å²) in [4.78, 5) is 0. The predicted octanol–water partition coefficient (Wildman–Crippen LogP) is 2.83. The maximum Gasteiger partial charge on any atom is 0.523 e. The highest BCUT2D eigenvalue weighted by Gasteiger charge is 2.54. The first-order valence-corrected chi connectivity index (χ1v) is 9.31. The average molecular weight is 398 g/mol. The van der Waals surface area contributed by atoms with Gasteiger partial charge in [0.25, 0.3) is 0 Å². The highest BCUT2D eigenvalue weighted by atomic mass is 32.2. The molecule has 1 aliphatic rings. The van der Waals surface area contributed by atoms with E-state index in [-0.39, 0.29) is 6.61 Å². The van der Waals surface area contributed by atoms with E-state index < -0.39 is 46.1 Å². The van der Waals surface area contributed by atoms with E-state index in [2.05, 4.69) is 4.18 Å². The van der Waals surface area contributed by atoms with E-state index in [1.807, 2.05) is 30.3 Å². The molecule has 1 saturated heterocycles. The molecule has 1 aromatic rings. The van der Waals surface area contributed by atoms with Crippen molar-refractivity contribution in [3.63, 3.8) is 0 Å². The lowest BCUT2D eigenvalue weighted by atomic mass is 9.97. The van der Waals surface area contributed by atoms with Gasteiger partial charge >= 0.3 is 15.6 Å². The van der Waals surface area contributed by atoms with Crippen LogP contribution in [0.2, 0.25) is 0 Å². The summed E-state index contributed by atoms with van der Waals surface area (Å²) in [6, 6.07) is 9.30. The van der Waals surface area contributed by atoms with Crippen LogP contribution in [0, 0.1) is 5.92 Å². The molecule has 1 fully saturated rings. The van der Waals surface area contributed by atoms with Crippen LogP contribution in [0.25, 0.3) is 0 Å². The molecule has 2 rings (SSSR count). The summed E-state index contributed by atoms with van der Waals surface area (Å²) >= 11 is 0. The third kappa shape index (κ3) is 4.74. The summed E-state index contributed by atoms with van der Waals surface area (Å²) in [7, 11) is -4.56. The van der Waals surface area contributed by atoms with Crippen LogP contribution in [0.15, 0.2) is 30.3 Å². The Morgan fingerprint density at radius 3 is 2.38 bits per heavy atom. The molecule has 0 aromatic heterocycles. The Labute approximate surface area is 150 Å². The van der Waals surface area contributed by atoms with Gasteiger partial charge in [0.2, 0.25) is 0 Å². The van der Waals surface area contributed by atoms with Crippen molar-refractivity contribution in [2.24, 2.45) is 5.92 Å². The number of alkyl halides is 3. The van der Waals surface area contributed by atoms with Crippen LogP contribution in [-0.2, 0) is 35.1 Å². The molecule has 0 N–H and O–H groups in total. The molecular weight excluding hydrogens is 377 g/mol. The lowest BCUT2D eigenvalue weighted by Crippen LogP contribution is -2.38. The largest absolute Gasteiger partial charge is 0.523 e. The van der Waals surface area contributed by atoms with Crippen molar-refractivity contribution < 1.29 is 40.0 Å². The second kappa shape index (κ2) is 8.22. The minimum atomic E-state index is -5.76. The summed E-state index contributed by atoms with van der Waals surface area (Å²) in [6.45, 7) is 3.50. The van der Waals surface area contributed by atoms with Gasteiger partial charge in [-0.05, 0) is 12.5 Å². The third-order valence-electron chi connectivity index (χ3n) is 4.17. The van der Waals surface area contributed by atoms with Gasteiger partial charge in [0.15, 0.2) is 6.29 Å². The van der Waals surface area contributed by atoms with E-state index >= 15 is 0 Å². The van der Waals surface area contributed by atoms with Gasteiger partial charge in [-0.25, -0.2) is 0 Å². The van der Waals surface area contributed by atoms with E-state index in [4.69, 9.17) is 14.2 Å². The number of methoxy groups -OCH3 is 1. The van der Waals surface area contributed by atoms with Gasteiger partial charge in [0, 0.05) is 13.0 Å². The Morgan fingerprint density at radius 1 is 1.23 bits per heavy atom. The van der Waals surface area contributed by atoms with Crippen LogP contribution < -0.4 is 0 Å². The molecule has 0 bridgehead atoms. The van der Waals surface area contributed by atoms with Crippen molar-refractivity contribution in [2.45, 2.75) is 50.6 Å². The fourth-order valence-corrected chi connectivity index (χ4v) is 3.42. The standard InChI is InChI=1S/C16H21F3O6S/c1-10-13(11(2)23-9-12-7-5-4-6-8-12)24-15(22-3)14(10)25-26(20,21)16(17,18)19/h4-8,10-11,13-15H,9H2,1-3H3/t10-,11-,13+,14-,15+/m1/s1. The van der Waals surface area contributed by atoms with Gasteiger partial charge in [-0.2, -0.15) is 21.6 Å². The Kier molecular flexibility index (Phi) is 6.67. The zero-order valence-corrected chi connectivity index (χ0v) is 15.3. The molecule has 0 unspecified atom stereocenters. The summed E-state index contributed by atoms with van der Waals surface area (Å²) < 4.78 is 81.0. The second-order valence-electron chi connectivity index (χ2n) is 6.03. The second-order valence-corrected chi connectivity index (χ2v) is 7.59. The van der Waals surface area contributed by atoms with Gasteiger partial charge in [0.05, 0.1) is 18.8 Å². The first kappa shape index (κ1) is 21.1. The molecule has 0 aliphatic carbocycles. The number of hydrogen-bond acceptors (Lipinski definition) is 6. The SMILES string of the molecule is CO[C@H]1O[C@H]([C@@H](C)OCc2ccccc2)[C@@H](C)[C@H]1OS(=O)(=O)C(F)(F)F. The number of hydrogen-bond donors (Lipinski definition) is 0. The molecule has 1 aromatic carbocycles. The van der Waals surface area contributed by atoms with Crippen molar-refractivity contribution >= 4 is 10.1 Å². The Hall–Kier alpha value is -1.20. The molecule has 6 nitrogen and oxygen atoms in total. The minimum absolute atomic E-state index is 0.276. The Balaban J connectivity index is 2.05. The van der Waals surface area contributed by atoms with E-state index in [1.54, 1.807) is 6.92 Å². The van der Waals surface area contributed by atoms with Crippen molar-refractivity contribution in [1.29, 1.82) is 0 Å². The average Bonchev–Trinajstić information content (AvgIpc) is 2.88. The zero-order chi connectivity index (χ0) is 19.5. The smallest absolute Gasteiger partial charge is 0.371 e. The lowest BCUT2D eigenvalue weighted by molar-refractivity contribution is -0.166. The van der Waals surface area contributed by atoms with Crippen molar-refractivity contribution in [2.75, 3.05) is 7.11 Å². The number of ether oxygens (including phenoxy) is 3. The molecule has 1 aliphatic heterocycles. The highest BCUT2D eigenvalue weighted by molar-refractivity contribution is 7.87. The third-order valence-corrected chi connectivity index (χ3v) is 5.21. The van der Waals surface area contributed by atoms with Gasteiger partial charge in [0.1, 0.15) is 6.10 Å². The maximum absolute atomic E-state index is 12.6. The fraction of sp³-hybridized carbons (Fsp3) is 0.625. The van der Waals surface area contributed by atoms with Crippen molar-refractivity contribution in [3.8, 4) is 0 Å².